The predicted molar refractivity (Wildman–Crippen MR) is 66.5 cm³/mol. The van der Waals surface area contributed by atoms with Gasteiger partial charge in [-0.1, -0.05) is 39.7 Å². The normalized spacial score (nSPS) is 12.7. The average molecular weight is 288 g/mol. The summed E-state index contributed by atoms with van der Waals surface area (Å²) < 4.78 is 0. The van der Waals surface area contributed by atoms with Crippen molar-refractivity contribution in [2.45, 2.75) is 4.83 Å². The fraction of sp³-hybridized carbons (Fsp3) is 0.0909. The molecule has 0 saturated carbocycles. The Hall–Kier alpha value is -0.310. The van der Waals surface area contributed by atoms with Gasteiger partial charge in [0.15, 0.2) is 0 Å². The maximum absolute atomic E-state index is 5.83. The maximum atomic E-state index is 5.83. The summed E-state index contributed by atoms with van der Waals surface area (Å²) in [5, 5.41) is 5.01. The molecule has 72 valence electrons. The van der Waals surface area contributed by atoms with Gasteiger partial charge in [0.2, 0.25) is 0 Å². The van der Waals surface area contributed by atoms with Crippen LogP contribution in [0.5, 0.6) is 0 Å². The molecule has 0 aliphatic carbocycles. The van der Waals surface area contributed by atoms with E-state index in [0.29, 0.717) is 0 Å². The van der Waals surface area contributed by atoms with Gasteiger partial charge in [-0.25, -0.2) is 0 Å². The summed E-state index contributed by atoms with van der Waals surface area (Å²) in [4.78, 5) is 0.269. The molecule has 1 heterocycles. The summed E-state index contributed by atoms with van der Waals surface area (Å²) >= 11 is 11.2. The van der Waals surface area contributed by atoms with Gasteiger partial charge in [-0.3, -0.25) is 0 Å². The van der Waals surface area contributed by atoms with Crippen LogP contribution < -0.4 is 0 Å². The van der Waals surface area contributed by atoms with E-state index in [2.05, 4.69) is 32.8 Å². The molecule has 0 bridgehead atoms. The van der Waals surface area contributed by atoms with Gasteiger partial charge in [0, 0.05) is 5.02 Å². The van der Waals surface area contributed by atoms with Crippen LogP contribution >= 0.6 is 38.9 Å². The number of benzene rings is 1. The Morgan fingerprint density at radius 1 is 1.07 bits per heavy atom. The Kier molecular flexibility index (Phi) is 3.26. The van der Waals surface area contributed by atoms with Gasteiger partial charge in [-0.05, 0) is 40.1 Å². The average Bonchev–Trinajstić information content (AvgIpc) is 2.71. The number of rotatable bonds is 2. The van der Waals surface area contributed by atoms with E-state index in [0.717, 1.165) is 5.02 Å². The molecule has 0 amide bonds. The van der Waals surface area contributed by atoms with Crippen LogP contribution in [0.15, 0.2) is 41.1 Å². The molecule has 0 aliphatic rings. The number of hydrogen-bond donors (Lipinski definition) is 0. The predicted octanol–water partition coefficient (Wildman–Crippen LogP) is 4.89. The molecular formula is C11H8BrClS. The smallest absolute Gasteiger partial charge is 0.0652 e. The second-order valence-electron chi connectivity index (χ2n) is 2.97. The Balaban J connectivity index is 2.28. The van der Waals surface area contributed by atoms with Crippen molar-refractivity contribution in [2.75, 3.05) is 0 Å². The molecule has 2 aromatic rings. The molecule has 1 aromatic carbocycles. The molecule has 2 rings (SSSR count). The minimum Gasteiger partial charge on any atom is -0.152 e. The standard InChI is InChI=1S/C11H8BrClS/c12-11(9-5-6-14-7-9)8-1-3-10(13)4-2-8/h1-7,11H. The van der Waals surface area contributed by atoms with E-state index in [9.17, 15) is 0 Å². The highest BCUT2D eigenvalue weighted by Crippen LogP contribution is 2.32. The molecule has 0 nitrogen and oxygen atoms in total. The fourth-order valence-corrected chi connectivity index (χ4v) is 2.82. The van der Waals surface area contributed by atoms with Crippen molar-refractivity contribution in [1.29, 1.82) is 0 Å². The zero-order valence-electron chi connectivity index (χ0n) is 7.28. The van der Waals surface area contributed by atoms with Crippen LogP contribution in [0.1, 0.15) is 16.0 Å². The van der Waals surface area contributed by atoms with E-state index in [1.54, 1.807) is 11.3 Å². The Bertz CT molecular complexity index is 394. The van der Waals surface area contributed by atoms with Crippen LogP contribution in [0, 0.1) is 0 Å². The second kappa shape index (κ2) is 4.47. The van der Waals surface area contributed by atoms with Crippen molar-refractivity contribution >= 4 is 38.9 Å². The largest absolute Gasteiger partial charge is 0.152 e. The highest BCUT2D eigenvalue weighted by molar-refractivity contribution is 9.09. The van der Waals surface area contributed by atoms with E-state index in [1.807, 2.05) is 24.3 Å². The van der Waals surface area contributed by atoms with Crippen molar-refractivity contribution in [2.24, 2.45) is 0 Å². The SMILES string of the molecule is Clc1ccc(C(Br)c2ccsc2)cc1. The van der Waals surface area contributed by atoms with Crippen molar-refractivity contribution in [3.05, 3.63) is 57.2 Å². The van der Waals surface area contributed by atoms with Crippen molar-refractivity contribution in [1.82, 2.24) is 0 Å². The topological polar surface area (TPSA) is 0 Å². The summed E-state index contributed by atoms with van der Waals surface area (Å²) in [5.74, 6) is 0. The van der Waals surface area contributed by atoms with E-state index in [1.165, 1.54) is 11.1 Å². The van der Waals surface area contributed by atoms with Gasteiger partial charge >= 0.3 is 0 Å². The Morgan fingerprint density at radius 2 is 1.79 bits per heavy atom. The van der Waals surface area contributed by atoms with Crippen LogP contribution in [0.4, 0.5) is 0 Å². The number of thiophene rings is 1. The molecular weight excluding hydrogens is 280 g/mol. The summed E-state index contributed by atoms with van der Waals surface area (Å²) in [6.45, 7) is 0. The first-order chi connectivity index (χ1) is 6.77. The number of alkyl halides is 1. The van der Waals surface area contributed by atoms with Crippen LogP contribution in [0.2, 0.25) is 5.02 Å². The third-order valence-corrected chi connectivity index (χ3v) is 4.01. The highest BCUT2D eigenvalue weighted by atomic mass is 79.9. The summed E-state index contributed by atoms with van der Waals surface area (Å²) in [7, 11) is 0. The third kappa shape index (κ3) is 2.19. The van der Waals surface area contributed by atoms with Gasteiger partial charge in [0.1, 0.15) is 0 Å². The van der Waals surface area contributed by atoms with E-state index < -0.39 is 0 Å². The monoisotopic (exact) mass is 286 g/mol. The Morgan fingerprint density at radius 3 is 2.36 bits per heavy atom. The first-order valence-corrected chi connectivity index (χ1v) is 6.42. The van der Waals surface area contributed by atoms with Crippen molar-refractivity contribution < 1.29 is 0 Å². The van der Waals surface area contributed by atoms with Gasteiger partial charge in [0.05, 0.1) is 4.83 Å². The van der Waals surface area contributed by atoms with Crippen LogP contribution in [0.25, 0.3) is 0 Å². The zero-order chi connectivity index (χ0) is 9.97. The van der Waals surface area contributed by atoms with E-state index in [4.69, 9.17) is 11.6 Å². The molecule has 0 spiro atoms. The molecule has 14 heavy (non-hydrogen) atoms. The molecule has 0 saturated heterocycles. The minimum absolute atomic E-state index is 0.269. The lowest BCUT2D eigenvalue weighted by Gasteiger charge is -2.07. The summed E-state index contributed by atoms with van der Waals surface area (Å²) in [5.41, 5.74) is 2.52. The van der Waals surface area contributed by atoms with Gasteiger partial charge in [-0.15, -0.1) is 0 Å². The zero-order valence-corrected chi connectivity index (χ0v) is 10.4. The fourth-order valence-electron chi connectivity index (χ4n) is 1.24. The summed E-state index contributed by atoms with van der Waals surface area (Å²) in [6.07, 6.45) is 0. The van der Waals surface area contributed by atoms with Crippen LogP contribution in [-0.2, 0) is 0 Å². The number of hydrogen-bond acceptors (Lipinski definition) is 1. The quantitative estimate of drug-likeness (QED) is 0.690. The van der Waals surface area contributed by atoms with Gasteiger partial charge in [-0.2, -0.15) is 11.3 Å². The van der Waals surface area contributed by atoms with E-state index >= 15 is 0 Å². The van der Waals surface area contributed by atoms with Crippen molar-refractivity contribution in [3.63, 3.8) is 0 Å². The van der Waals surface area contributed by atoms with Gasteiger partial charge < -0.3 is 0 Å². The molecule has 1 atom stereocenters. The minimum atomic E-state index is 0.269. The third-order valence-electron chi connectivity index (χ3n) is 2.00. The molecule has 0 aliphatic heterocycles. The molecule has 1 aromatic heterocycles. The van der Waals surface area contributed by atoms with E-state index in [-0.39, 0.29) is 4.83 Å². The molecule has 0 fully saturated rings. The lowest BCUT2D eigenvalue weighted by atomic mass is 10.1. The molecule has 1 unspecified atom stereocenters. The van der Waals surface area contributed by atoms with Gasteiger partial charge in [0.25, 0.3) is 0 Å². The molecule has 3 heteroatoms. The number of halogens is 2. The van der Waals surface area contributed by atoms with Crippen molar-refractivity contribution in [3.8, 4) is 0 Å². The molecule has 0 radical (unpaired) electrons. The lowest BCUT2D eigenvalue weighted by Crippen LogP contribution is -1.89. The first kappa shape index (κ1) is 10.2. The lowest BCUT2D eigenvalue weighted by molar-refractivity contribution is 1.19. The molecule has 0 N–H and O–H groups in total. The Labute approximate surface area is 101 Å². The first-order valence-electron chi connectivity index (χ1n) is 4.19. The summed E-state index contributed by atoms with van der Waals surface area (Å²) in [6, 6.07) is 10.0. The second-order valence-corrected chi connectivity index (χ2v) is 5.10. The highest BCUT2D eigenvalue weighted by Gasteiger charge is 2.09. The van der Waals surface area contributed by atoms with Crippen LogP contribution in [-0.4, -0.2) is 0 Å². The maximum Gasteiger partial charge on any atom is 0.0652 e. The van der Waals surface area contributed by atoms with Crippen LogP contribution in [0.3, 0.4) is 0 Å².